The van der Waals surface area contributed by atoms with Crippen LogP contribution >= 0.6 is 0 Å². The normalized spacial score (nSPS) is 26.4. The first-order valence-corrected chi connectivity index (χ1v) is 11.9. The molecular weight excluding hydrogens is 375 g/mol. The van der Waals surface area contributed by atoms with Crippen LogP contribution in [0.3, 0.4) is 0 Å². The van der Waals surface area contributed by atoms with E-state index in [1.807, 2.05) is 12.1 Å². The molecule has 0 saturated heterocycles. The SMILES string of the molecule is CCCCCC1CCC2CC(c3ccc4cc(C(=O)OC)cc(F)c4c3)CCC2C1. The van der Waals surface area contributed by atoms with Crippen molar-refractivity contribution >= 4 is 16.7 Å². The molecule has 0 heterocycles. The average Bonchev–Trinajstić information content (AvgIpc) is 2.78. The lowest BCUT2D eigenvalue weighted by molar-refractivity contribution is 0.0600. The van der Waals surface area contributed by atoms with Gasteiger partial charge in [0.25, 0.3) is 0 Å². The van der Waals surface area contributed by atoms with Crippen LogP contribution < -0.4 is 0 Å². The van der Waals surface area contributed by atoms with Gasteiger partial charge in [-0.15, -0.1) is 0 Å². The van der Waals surface area contributed by atoms with Crippen LogP contribution in [0.4, 0.5) is 4.39 Å². The highest BCUT2D eigenvalue weighted by molar-refractivity contribution is 5.95. The second-order valence-electron chi connectivity index (χ2n) is 9.64. The summed E-state index contributed by atoms with van der Waals surface area (Å²) in [5, 5.41) is 1.38. The lowest BCUT2D eigenvalue weighted by Gasteiger charge is -2.42. The Kier molecular flexibility index (Phi) is 6.75. The Labute approximate surface area is 180 Å². The highest BCUT2D eigenvalue weighted by Gasteiger charge is 2.35. The smallest absolute Gasteiger partial charge is 0.337 e. The lowest BCUT2D eigenvalue weighted by Crippen LogP contribution is -2.30. The van der Waals surface area contributed by atoms with Crippen molar-refractivity contribution in [3.8, 4) is 0 Å². The van der Waals surface area contributed by atoms with Gasteiger partial charge in [-0.3, -0.25) is 0 Å². The number of halogens is 1. The van der Waals surface area contributed by atoms with Gasteiger partial charge in [-0.1, -0.05) is 51.2 Å². The Bertz CT molecular complexity index is 890. The fourth-order valence-corrected chi connectivity index (χ4v) is 6.05. The summed E-state index contributed by atoms with van der Waals surface area (Å²) in [5.41, 5.74) is 1.53. The van der Waals surface area contributed by atoms with Gasteiger partial charge in [0.15, 0.2) is 0 Å². The van der Waals surface area contributed by atoms with Crippen molar-refractivity contribution < 1.29 is 13.9 Å². The molecule has 2 nitrogen and oxygen atoms in total. The second-order valence-corrected chi connectivity index (χ2v) is 9.64. The van der Waals surface area contributed by atoms with Gasteiger partial charge in [0.1, 0.15) is 5.82 Å². The molecule has 0 bridgehead atoms. The van der Waals surface area contributed by atoms with Gasteiger partial charge in [0.05, 0.1) is 12.7 Å². The fourth-order valence-electron chi connectivity index (χ4n) is 6.05. The van der Waals surface area contributed by atoms with Gasteiger partial charge in [-0.25, -0.2) is 9.18 Å². The number of hydrogen-bond acceptors (Lipinski definition) is 2. The summed E-state index contributed by atoms with van der Waals surface area (Å²) in [7, 11) is 1.32. The van der Waals surface area contributed by atoms with Crippen LogP contribution in [0.5, 0.6) is 0 Å². The molecule has 2 aromatic rings. The third-order valence-corrected chi connectivity index (χ3v) is 7.76. The molecule has 2 fully saturated rings. The Morgan fingerprint density at radius 1 is 1.03 bits per heavy atom. The number of rotatable bonds is 6. The third-order valence-electron chi connectivity index (χ3n) is 7.76. The van der Waals surface area contributed by atoms with Crippen LogP contribution in [-0.2, 0) is 4.74 Å². The van der Waals surface area contributed by atoms with E-state index in [9.17, 15) is 9.18 Å². The first-order chi connectivity index (χ1) is 14.6. The zero-order valence-electron chi connectivity index (χ0n) is 18.5. The van der Waals surface area contributed by atoms with Gasteiger partial charge in [-0.2, -0.15) is 0 Å². The molecule has 4 rings (SSSR count). The third kappa shape index (κ3) is 4.55. The van der Waals surface area contributed by atoms with Crippen LogP contribution in [0.25, 0.3) is 10.8 Å². The van der Waals surface area contributed by atoms with Gasteiger partial charge in [0.2, 0.25) is 0 Å². The molecule has 2 saturated carbocycles. The highest BCUT2D eigenvalue weighted by Crippen LogP contribution is 2.48. The Morgan fingerprint density at radius 2 is 1.83 bits per heavy atom. The molecule has 0 spiro atoms. The maximum atomic E-state index is 14.7. The molecule has 2 aliphatic carbocycles. The summed E-state index contributed by atoms with van der Waals surface area (Å²) in [6, 6.07) is 9.16. The number of fused-ring (bicyclic) bond motifs is 2. The number of unbranched alkanes of at least 4 members (excludes halogenated alkanes) is 2. The average molecular weight is 411 g/mol. The van der Waals surface area contributed by atoms with Gasteiger partial charge >= 0.3 is 5.97 Å². The van der Waals surface area contributed by atoms with E-state index in [0.29, 0.717) is 11.3 Å². The van der Waals surface area contributed by atoms with Gasteiger partial charge in [0, 0.05) is 5.39 Å². The molecule has 0 aliphatic heterocycles. The van der Waals surface area contributed by atoms with Crippen LogP contribution in [0.15, 0.2) is 30.3 Å². The fraction of sp³-hybridized carbons (Fsp3) is 0.593. The summed E-state index contributed by atoms with van der Waals surface area (Å²) in [6.45, 7) is 2.29. The Balaban J connectivity index is 1.44. The monoisotopic (exact) mass is 410 g/mol. The van der Waals surface area contributed by atoms with Crippen molar-refractivity contribution in [3.63, 3.8) is 0 Å². The second kappa shape index (κ2) is 9.49. The molecular formula is C27H35FO2. The van der Waals surface area contributed by atoms with Crippen molar-refractivity contribution in [1.82, 2.24) is 0 Å². The zero-order chi connectivity index (χ0) is 21.1. The van der Waals surface area contributed by atoms with E-state index in [-0.39, 0.29) is 11.4 Å². The molecule has 0 radical (unpaired) electrons. The summed E-state index contributed by atoms with van der Waals surface area (Å²) >= 11 is 0. The molecule has 3 heteroatoms. The molecule has 0 N–H and O–H groups in total. The quantitative estimate of drug-likeness (QED) is 0.361. The predicted octanol–water partition coefficient (Wildman–Crippen LogP) is 7.65. The number of esters is 1. The Hall–Kier alpha value is -1.90. The van der Waals surface area contributed by atoms with Crippen molar-refractivity contribution in [1.29, 1.82) is 0 Å². The number of benzene rings is 2. The minimum atomic E-state index is -0.497. The van der Waals surface area contributed by atoms with E-state index < -0.39 is 5.97 Å². The summed E-state index contributed by atoms with van der Waals surface area (Å²) in [5.74, 6) is 2.40. The van der Waals surface area contributed by atoms with Crippen molar-refractivity contribution in [2.24, 2.45) is 17.8 Å². The van der Waals surface area contributed by atoms with Crippen LogP contribution in [0.2, 0.25) is 0 Å². The van der Waals surface area contributed by atoms with E-state index in [0.717, 1.165) is 23.1 Å². The molecule has 4 unspecified atom stereocenters. The van der Waals surface area contributed by atoms with E-state index in [1.165, 1.54) is 82.9 Å². The number of hydrogen-bond donors (Lipinski definition) is 0. The number of carbonyl (C=O) groups excluding carboxylic acids is 1. The van der Waals surface area contributed by atoms with Crippen LogP contribution in [0, 0.1) is 23.6 Å². The van der Waals surface area contributed by atoms with Gasteiger partial charge < -0.3 is 4.74 Å². The summed E-state index contributed by atoms with van der Waals surface area (Å²) in [4.78, 5) is 11.8. The van der Waals surface area contributed by atoms with Gasteiger partial charge in [-0.05, 0) is 84.9 Å². The molecule has 0 aromatic heterocycles. The predicted molar refractivity (Wildman–Crippen MR) is 120 cm³/mol. The molecule has 2 aromatic carbocycles. The van der Waals surface area contributed by atoms with E-state index >= 15 is 0 Å². The van der Waals surface area contributed by atoms with E-state index in [2.05, 4.69) is 13.0 Å². The van der Waals surface area contributed by atoms with Crippen molar-refractivity contribution in [2.45, 2.75) is 77.0 Å². The van der Waals surface area contributed by atoms with Crippen LogP contribution in [0.1, 0.15) is 93.0 Å². The van der Waals surface area contributed by atoms with Crippen molar-refractivity contribution in [2.75, 3.05) is 7.11 Å². The number of methoxy groups -OCH3 is 1. The molecule has 0 amide bonds. The molecule has 4 atom stereocenters. The van der Waals surface area contributed by atoms with E-state index in [4.69, 9.17) is 4.74 Å². The summed E-state index contributed by atoms with van der Waals surface area (Å²) in [6.07, 6.45) is 13.5. The first kappa shape index (κ1) is 21.3. The largest absolute Gasteiger partial charge is 0.465 e. The van der Waals surface area contributed by atoms with E-state index in [1.54, 1.807) is 6.07 Å². The highest BCUT2D eigenvalue weighted by atomic mass is 19.1. The maximum absolute atomic E-state index is 14.7. The minimum Gasteiger partial charge on any atom is -0.465 e. The lowest BCUT2D eigenvalue weighted by atomic mass is 9.63. The molecule has 2 aliphatic rings. The summed E-state index contributed by atoms with van der Waals surface area (Å²) < 4.78 is 19.5. The maximum Gasteiger partial charge on any atom is 0.337 e. The topological polar surface area (TPSA) is 26.3 Å². The zero-order valence-corrected chi connectivity index (χ0v) is 18.5. The van der Waals surface area contributed by atoms with Crippen molar-refractivity contribution in [3.05, 3.63) is 47.3 Å². The Morgan fingerprint density at radius 3 is 2.63 bits per heavy atom. The van der Waals surface area contributed by atoms with Crippen LogP contribution in [-0.4, -0.2) is 13.1 Å². The molecule has 162 valence electrons. The standard InChI is InChI=1S/C27H35FO2/c1-3-4-5-6-18-7-8-20-14-21(10-9-19(20)13-18)22-11-12-23-15-24(27(29)30-2)17-26(28)25(23)16-22/h11-12,15-21H,3-10,13-14H2,1-2H3. The minimum absolute atomic E-state index is 0.270. The first-order valence-electron chi connectivity index (χ1n) is 11.9. The number of ether oxygens (including phenoxy) is 1. The molecule has 30 heavy (non-hydrogen) atoms. The number of carbonyl (C=O) groups is 1.